The van der Waals surface area contributed by atoms with E-state index in [1.807, 2.05) is 0 Å². The van der Waals surface area contributed by atoms with Crippen LogP contribution in [0.15, 0.2) is 12.1 Å². The van der Waals surface area contributed by atoms with Crippen LogP contribution in [-0.4, -0.2) is 38.7 Å². The van der Waals surface area contributed by atoms with E-state index in [4.69, 9.17) is 9.84 Å². The molecule has 0 amide bonds. The van der Waals surface area contributed by atoms with E-state index in [-0.39, 0.29) is 30.7 Å². The van der Waals surface area contributed by atoms with Crippen molar-refractivity contribution >= 4 is 9.84 Å². The van der Waals surface area contributed by atoms with Gasteiger partial charge in [-0.25, -0.2) is 12.8 Å². The molecule has 6 heteroatoms. The predicted octanol–water partition coefficient (Wildman–Crippen LogP) is 0.956. The van der Waals surface area contributed by atoms with Gasteiger partial charge in [0.2, 0.25) is 0 Å². The predicted molar refractivity (Wildman–Crippen MR) is 69.6 cm³/mol. The number of fused-ring (bicyclic) bond motifs is 1. The third-order valence-corrected chi connectivity index (χ3v) is 4.15. The summed E-state index contributed by atoms with van der Waals surface area (Å²) in [6.45, 7) is 0.0544. The van der Waals surface area contributed by atoms with Gasteiger partial charge in [0.1, 0.15) is 18.2 Å². The highest BCUT2D eigenvalue weighted by atomic mass is 32.2. The molecule has 0 aromatic heterocycles. The summed E-state index contributed by atoms with van der Waals surface area (Å²) < 4.78 is 41.1. The number of rotatable bonds is 5. The average Bonchev–Trinajstić information content (AvgIpc) is 2.71. The highest BCUT2D eigenvalue weighted by molar-refractivity contribution is 7.90. The maximum absolute atomic E-state index is 13.8. The van der Waals surface area contributed by atoms with Crippen molar-refractivity contribution in [2.75, 3.05) is 25.2 Å². The summed E-state index contributed by atoms with van der Waals surface area (Å²) in [5, 5.41) is 9.11. The summed E-state index contributed by atoms with van der Waals surface area (Å²) in [6.07, 6.45) is 2.30. The van der Waals surface area contributed by atoms with Crippen molar-refractivity contribution in [1.29, 1.82) is 0 Å². The first-order valence-corrected chi connectivity index (χ1v) is 8.18. The Morgan fingerprint density at radius 1 is 1.42 bits per heavy atom. The maximum Gasteiger partial charge on any atom is 0.150 e. The maximum atomic E-state index is 13.8. The second kappa shape index (κ2) is 5.46. The molecule has 0 fully saturated rings. The Morgan fingerprint density at radius 3 is 2.79 bits per heavy atom. The molecule has 1 aromatic carbocycles. The number of hydrogen-bond donors (Lipinski definition) is 1. The van der Waals surface area contributed by atoms with Crippen LogP contribution in [0, 0.1) is 11.7 Å². The average molecular weight is 288 g/mol. The highest BCUT2D eigenvalue weighted by Gasteiger charge is 2.24. The molecular formula is C13H17FO4S. The fourth-order valence-electron chi connectivity index (χ4n) is 2.27. The van der Waals surface area contributed by atoms with Crippen LogP contribution in [0.25, 0.3) is 0 Å². The lowest BCUT2D eigenvalue weighted by Gasteiger charge is -2.08. The molecule has 1 aliphatic rings. The van der Waals surface area contributed by atoms with Crippen molar-refractivity contribution in [1.82, 2.24) is 0 Å². The highest BCUT2D eigenvalue weighted by Crippen LogP contribution is 2.32. The number of aliphatic hydroxyl groups is 1. The first-order valence-electron chi connectivity index (χ1n) is 6.11. The van der Waals surface area contributed by atoms with E-state index in [0.717, 1.165) is 11.8 Å². The summed E-state index contributed by atoms with van der Waals surface area (Å²) in [7, 11) is -3.08. The molecule has 0 saturated heterocycles. The van der Waals surface area contributed by atoms with Crippen molar-refractivity contribution in [3.05, 3.63) is 29.1 Å². The second-order valence-corrected chi connectivity index (χ2v) is 7.24. The first kappa shape index (κ1) is 14.3. The van der Waals surface area contributed by atoms with E-state index >= 15 is 0 Å². The van der Waals surface area contributed by atoms with E-state index < -0.39 is 9.84 Å². The van der Waals surface area contributed by atoms with Gasteiger partial charge in [-0.1, -0.05) is 0 Å². The summed E-state index contributed by atoms with van der Waals surface area (Å²) in [6, 6.07) is 3.01. The van der Waals surface area contributed by atoms with E-state index in [0.29, 0.717) is 24.2 Å². The van der Waals surface area contributed by atoms with Crippen LogP contribution in [0.2, 0.25) is 0 Å². The fourth-order valence-corrected chi connectivity index (χ4v) is 2.66. The zero-order valence-electron chi connectivity index (χ0n) is 10.7. The van der Waals surface area contributed by atoms with Gasteiger partial charge in [0.15, 0.2) is 9.84 Å². The zero-order chi connectivity index (χ0) is 14.0. The summed E-state index contributed by atoms with van der Waals surface area (Å²) in [5.74, 6) is -0.0256. The minimum atomic E-state index is -3.08. The third kappa shape index (κ3) is 3.67. The quantitative estimate of drug-likeness (QED) is 0.876. The third-order valence-electron chi connectivity index (χ3n) is 3.24. The van der Waals surface area contributed by atoms with Gasteiger partial charge in [-0.3, -0.25) is 0 Å². The van der Waals surface area contributed by atoms with E-state index in [1.54, 1.807) is 6.07 Å². The lowest BCUT2D eigenvalue weighted by Crippen LogP contribution is -2.12. The lowest BCUT2D eigenvalue weighted by atomic mass is 10.1. The van der Waals surface area contributed by atoms with Gasteiger partial charge >= 0.3 is 0 Å². The molecule has 0 spiro atoms. The van der Waals surface area contributed by atoms with Crippen molar-refractivity contribution < 1.29 is 22.7 Å². The Morgan fingerprint density at radius 2 is 2.16 bits per heavy atom. The standard InChI is InChI=1S/C13H17FO4S/c1-19(16,17)3-2-18-11-6-10-4-9(8-15)5-12(10)13(14)7-11/h6-7,9,15H,2-5,8H2,1H3. The molecule has 1 unspecified atom stereocenters. The van der Waals surface area contributed by atoms with Crippen LogP contribution in [0.4, 0.5) is 4.39 Å². The van der Waals surface area contributed by atoms with Gasteiger partial charge < -0.3 is 9.84 Å². The van der Waals surface area contributed by atoms with Gasteiger partial charge in [0, 0.05) is 18.9 Å². The number of halogens is 1. The first-order chi connectivity index (χ1) is 8.89. The molecule has 0 heterocycles. The van der Waals surface area contributed by atoms with Gasteiger partial charge in [-0.05, 0) is 36.0 Å². The van der Waals surface area contributed by atoms with Crippen LogP contribution in [0.1, 0.15) is 11.1 Å². The van der Waals surface area contributed by atoms with E-state index in [9.17, 15) is 12.8 Å². The number of benzene rings is 1. The van der Waals surface area contributed by atoms with Crippen LogP contribution in [0.3, 0.4) is 0 Å². The molecule has 4 nitrogen and oxygen atoms in total. The Labute approximate surface area is 112 Å². The smallest absolute Gasteiger partial charge is 0.150 e. The van der Waals surface area contributed by atoms with Gasteiger partial charge in [-0.2, -0.15) is 0 Å². The number of aliphatic hydroxyl groups excluding tert-OH is 1. The minimum absolute atomic E-state index is 0.0144. The monoisotopic (exact) mass is 288 g/mol. The molecule has 106 valence electrons. The molecule has 1 atom stereocenters. The molecule has 0 bridgehead atoms. The van der Waals surface area contributed by atoms with Crippen LogP contribution < -0.4 is 4.74 Å². The summed E-state index contributed by atoms with van der Waals surface area (Å²) in [5.41, 5.74) is 1.47. The Hall–Kier alpha value is -1.14. The van der Waals surface area contributed by atoms with Crippen molar-refractivity contribution in [3.63, 3.8) is 0 Å². The molecule has 1 aliphatic carbocycles. The van der Waals surface area contributed by atoms with Gasteiger partial charge in [-0.15, -0.1) is 0 Å². The fraction of sp³-hybridized carbons (Fsp3) is 0.538. The van der Waals surface area contributed by atoms with Crippen LogP contribution >= 0.6 is 0 Å². The molecule has 0 aliphatic heterocycles. The zero-order valence-corrected chi connectivity index (χ0v) is 11.5. The molecule has 0 radical (unpaired) electrons. The summed E-state index contributed by atoms with van der Waals surface area (Å²) >= 11 is 0. The second-order valence-electron chi connectivity index (χ2n) is 4.98. The van der Waals surface area contributed by atoms with Crippen molar-refractivity contribution in [2.45, 2.75) is 12.8 Å². The summed E-state index contributed by atoms with van der Waals surface area (Å²) in [4.78, 5) is 0. The molecule has 2 rings (SSSR count). The Kier molecular flexibility index (Phi) is 4.10. The molecular weight excluding hydrogens is 271 g/mol. The number of hydrogen-bond acceptors (Lipinski definition) is 4. The van der Waals surface area contributed by atoms with E-state index in [1.165, 1.54) is 6.07 Å². The molecule has 1 N–H and O–H groups in total. The van der Waals surface area contributed by atoms with Crippen LogP contribution in [0.5, 0.6) is 5.75 Å². The minimum Gasteiger partial charge on any atom is -0.492 e. The van der Waals surface area contributed by atoms with Gasteiger partial charge in [0.25, 0.3) is 0 Å². The van der Waals surface area contributed by atoms with E-state index in [2.05, 4.69) is 0 Å². The van der Waals surface area contributed by atoms with Crippen LogP contribution in [-0.2, 0) is 22.7 Å². The normalized spacial score (nSPS) is 18.4. The largest absolute Gasteiger partial charge is 0.492 e. The SMILES string of the molecule is CS(=O)(=O)CCOc1cc(F)c2c(c1)CC(CO)C2. The van der Waals surface area contributed by atoms with Crippen molar-refractivity contribution in [3.8, 4) is 5.75 Å². The molecule has 0 saturated carbocycles. The number of ether oxygens (including phenoxy) is 1. The Bertz CT molecular complexity index is 568. The Balaban J connectivity index is 2.07. The molecule has 19 heavy (non-hydrogen) atoms. The van der Waals surface area contributed by atoms with Gasteiger partial charge in [0.05, 0.1) is 5.75 Å². The number of sulfone groups is 1. The van der Waals surface area contributed by atoms with Crippen molar-refractivity contribution in [2.24, 2.45) is 5.92 Å². The topological polar surface area (TPSA) is 63.6 Å². The lowest BCUT2D eigenvalue weighted by molar-refractivity contribution is 0.232. The molecule has 1 aromatic rings.